The number of carbonyl (C=O) groups excluding carboxylic acids is 1. The molecule has 2 aliphatic heterocycles. The predicted molar refractivity (Wildman–Crippen MR) is 106 cm³/mol. The van der Waals surface area contributed by atoms with Crippen LogP contribution in [0.15, 0.2) is 35.1 Å². The SMILES string of the molecule is CN(Cc1cccnc1)C[C@H]1CCC2(CN(C(=O)c3cc(C4CC4)on3)C2)OC1. The van der Waals surface area contributed by atoms with Gasteiger partial charge in [0, 0.05) is 37.5 Å². The first-order valence-electron chi connectivity index (χ1n) is 10.6. The van der Waals surface area contributed by atoms with E-state index >= 15 is 0 Å². The summed E-state index contributed by atoms with van der Waals surface area (Å²) in [6, 6.07) is 5.91. The highest BCUT2D eigenvalue weighted by Crippen LogP contribution is 2.41. The molecule has 1 spiro atoms. The smallest absolute Gasteiger partial charge is 0.276 e. The first kappa shape index (κ1) is 18.8. The van der Waals surface area contributed by atoms with Crippen molar-refractivity contribution >= 4 is 5.91 Å². The number of hydrogen-bond donors (Lipinski definition) is 0. The van der Waals surface area contributed by atoms with Crippen molar-refractivity contribution < 1.29 is 14.1 Å². The van der Waals surface area contributed by atoms with E-state index in [0.717, 1.165) is 51.1 Å². The molecule has 1 atom stereocenters. The number of likely N-dealkylation sites (tertiary alicyclic amines) is 1. The molecule has 1 saturated carbocycles. The molecule has 0 N–H and O–H groups in total. The van der Waals surface area contributed by atoms with E-state index in [2.05, 4.69) is 28.2 Å². The van der Waals surface area contributed by atoms with Crippen LogP contribution in [-0.4, -0.2) is 64.7 Å². The van der Waals surface area contributed by atoms with Crippen LogP contribution in [0, 0.1) is 5.92 Å². The quantitative estimate of drug-likeness (QED) is 0.748. The van der Waals surface area contributed by atoms with Crippen LogP contribution in [0.3, 0.4) is 0 Å². The zero-order chi connectivity index (χ0) is 19.8. The number of amides is 1. The normalized spacial score (nSPS) is 23.4. The van der Waals surface area contributed by atoms with Crippen molar-refractivity contribution in [1.29, 1.82) is 0 Å². The molecule has 7 heteroatoms. The van der Waals surface area contributed by atoms with Crippen LogP contribution >= 0.6 is 0 Å². The van der Waals surface area contributed by atoms with Crippen LogP contribution in [-0.2, 0) is 11.3 Å². The molecule has 1 aliphatic carbocycles. The van der Waals surface area contributed by atoms with E-state index in [9.17, 15) is 4.79 Å². The fraction of sp³-hybridized carbons (Fsp3) is 0.591. The van der Waals surface area contributed by atoms with Gasteiger partial charge in [-0.2, -0.15) is 0 Å². The van der Waals surface area contributed by atoms with Crippen molar-refractivity contribution in [3.63, 3.8) is 0 Å². The second-order valence-electron chi connectivity index (χ2n) is 9.01. The third-order valence-electron chi connectivity index (χ3n) is 6.35. The highest BCUT2D eigenvalue weighted by molar-refractivity contribution is 5.93. The number of carbonyl (C=O) groups is 1. The molecule has 29 heavy (non-hydrogen) atoms. The Kier molecular flexibility index (Phi) is 4.87. The Labute approximate surface area is 171 Å². The molecule has 0 aromatic carbocycles. The van der Waals surface area contributed by atoms with Crippen molar-refractivity contribution in [2.24, 2.45) is 5.92 Å². The second kappa shape index (κ2) is 7.54. The molecular weight excluding hydrogens is 368 g/mol. The van der Waals surface area contributed by atoms with Crippen molar-refractivity contribution in [2.75, 3.05) is 33.3 Å². The van der Waals surface area contributed by atoms with Crippen molar-refractivity contribution in [3.8, 4) is 0 Å². The lowest BCUT2D eigenvalue weighted by molar-refractivity contribution is -0.168. The minimum Gasteiger partial charge on any atom is -0.371 e. The topological polar surface area (TPSA) is 71.7 Å². The number of hydrogen-bond acceptors (Lipinski definition) is 6. The van der Waals surface area contributed by atoms with Gasteiger partial charge < -0.3 is 19.1 Å². The first-order valence-corrected chi connectivity index (χ1v) is 10.6. The number of nitrogens with zero attached hydrogens (tertiary/aromatic N) is 4. The lowest BCUT2D eigenvalue weighted by Crippen LogP contribution is -2.66. The fourth-order valence-electron chi connectivity index (χ4n) is 4.52. The van der Waals surface area contributed by atoms with E-state index in [4.69, 9.17) is 9.26 Å². The summed E-state index contributed by atoms with van der Waals surface area (Å²) in [5, 5.41) is 3.98. The molecular formula is C22H28N4O3. The third-order valence-corrected chi connectivity index (χ3v) is 6.35. The highest BCUT2D eigenvalue weighted by atomic mass is 16.5. The zero-order valence-electron chi connectivity index (χ0n) is 16.9. The van der Waals surface area contributed by atoms with Crippen LogP contribution < -0.4 is 0 Å². The summed E-state index contributed by atoms with van der Waals surface area (Å²) in [5.74, 6) is 1.83. The lowest BCUT2D eigenvalue weighted by atomic mass is 9.82. The van der Waals surface area contributed by atoms with Gasteiger partial charge in [0.05, 0.1) is 19.7 Å². The molecule has 154 valence electrons. The van der Waals surface area contributed by atoms with Crippen LogP contribution in [0.1, 0.15) is 53.4 Å². The molecule has 1 amide bonds. The Morgan fingerprint density at radius 2 is 2.21 bits per heavy atom. The van der Waals surface area contributed by atoms with Gasteiger partial charge in [-0.3, -0.25) is 9.78 Å². The second-order valence-corrected chi connectivity index (χ2v) is 9.01. The summed E-state index contributed by atoms with van der Waals surface area (Å²) in [4.78, 5) is 21.0. The molecule has 0 radical (unpaired) electrons. The molecule has 5 rings (SSSR count). The summed E-state index contributed by atoms with van der Waals surface area (Å²) in [6.07, 6.45) is 8.15. The third kappa shape index (κ3) is 4.07. The Bertz CT molecular complexity index is 848. The Morgan fingerprint density at radius 3 is 2.90 bits per heavy atom. The van der Waals surface area contributed by atoms with Gasteiger partial charge in [-0.1, -0.05) is 11.2 Å². The standard InChI is InChI=1S/C22H28N4O3/c1-25(11-16-3-2-8-23-10-16)12-17-6-7-22(28-13-17)14-26(15-22)21(27)19-9-20(29-24-19)18-4-5-18/h2-3,8-10,17-18H,4-7,11-15H2,1H3/t17-/m1/s1. The highest BCUT2D eigenvalue weighted by Gasteiger charge is 2.49. The van der Waals surface area contributed by atoms with Crippen molar-refractivity contribution in [3.05, 3.63) is 47.6 Å². The van der Waals surface area contributed by atoms with E-state index in [0.29, 0.717) is 30.6 Å². The first-order chi connectivity index (χ1) is 14.1. The van der Waals surface area contributed by atoms with Gasteiger partial charge >= 0.3 is 0 Å². The number of rotatable bonds is 6. The van der Waals surface area contributed by atoms with Gasteiger partial charge in [0.15, 0.2) is 5.69 Å². The molecule has 7 nitrogen and oxygen atoms in total. The number of aromatic nitrogens is 2. The van der Waals surface area contributed by atoms with Crippen molar-refractivity contribution in [2.45, 2.75) is 43.7 Å². The largest absolute Gasteiger partial charge is 0.371 e. The Balaban J connectivity index is 1.07. The summed E-state index contributed by atoms with van der Waals surface area (Å²) < 4.78 is 11.6. The van der Waals surface area contributed by atoms with Gasteiger partial charge in [-0.05, 0) is 50.3 Å². The lowest BCUT2D eigenvalue weighted by Gasteiger charge is -2.52. The maximum Gasteiger partial charge on any atom is 0.276 e. The maximum absolute atomic E-state index is 12.6. The molecule has 2 aromatic heterocycles. The van der Waals surface area contributed by atoms with Gasteiger partial charge in [0.2, 0.25) is 0 Å². The van der Waals surface area contributed by atoms with Crippen LogP contribution in [0.2, 0.25) is 0 Å². The van der Waals surface area contributed by atoms with Gasteiger partial charge in [0.25, 0.3) is 5.91 Å². The Hall–Kier alpha value is -2.25. The molecule has 2 aromatic rings. The monoisotopic (exact) mass is 396 g/mol. The van der Waals surface area contributed by atoms with Gasteiger partial charge in [-0.15, -0.1) is 0 Å². The Morgan fingerprint density at radius 1 is 1.34 bits per heavy atom. The fourth-order valence-corrected chi connectivity index (χ4v) is 4.52. The molecule has 3 aliphatic rings. The zero-order valence-corrected chi connectivity index (χ0v) is 16.9. The van der Waals surface area contributed by atoms with Gasteiger partial charge in [-0.25, -0.2) is 0 Å². The summed E-state index contributed by atoms with van der Waals surface area (Å²) in [7, 11) is 2.15. The van der Waals surface area contributed by atoms with Crippen molar-refractivity contribution in [1.82, 2.24) is 19.9 Å². The number of pyridine rings is 1. The van der Waals surface area contributed by atoms with E-state index < -0.39 is 0 Å². The average molecular weight is 396 g/mol. The molecule has 2 saturated heterocycles. The summed E-state index contributed by atoms with van der Waals surface area (Å²) in [5.41, 5.74) is 1.51. The van der Waals surface area contributed by atoms with E-state index in [1.54, 1.807) is 6.20 Å². The summed E-state index contributed by atoms with van der Waals surface area (Å²) in [6.45, 7) is 4.00. The van der Waals surface area contributed by atoms with Gasteiger partial charge in [0.1, 0.15) is 11.4 Å². The number of ether oxygens (including phenoxy) is 1. The van der Waals surface area contributed by atoms with E-state index in [-0.39, 0.29) is 11.5 Å². The van der Waals surface area contributed by atoms with E-state index in [1.807, 2.05) is 23.2 Å². The average Bonchev–Trinajstić information content (AvgIpc) is 3.44. The molecule has 0 bridgehead atoms. The minimum atomic E-state index is -0.156. The van der Waals surface area contributed by atoms with Crippen LogP contribution in [0.5, 0.6) is 0 Å². The predicted octanol–water partition coefficient (Wildman–Crippen LogP) is 2.70. The molecule has 0 unspecified atom stereocenters. The van der Waals surface area contributed by atoms with Crippen LogP contribution in [0.25, 0.3) is 0 Å². The summed E-state index contributed by atoms with van der Waals surface area (Å²) >= 11 is 0. The van der Waals surface area contributed by atoms with E-state index in [1.165, 1.54) is 5.56 Å². The minimum absolute atomic E-state index is 0.0341. The molecule has 4 heterocycles. The van der Waals surface area contributed by atoms with Crippen LogP contribution in [0.4, 0.5) is 0 Å². The molecule has 3 fully saturated rings. The maximum atomic E-state index is 12.6.